The molecule has 0 unspecified atom stereocenters. The van der Waals surface area contributed by atoms with Crippen molar-refractivity contribution in [1.82, 2.24) is 0 Å². The molecule has 0 aromatic heterocycles. The normalized spacial score (nSPS) is 5.83. The molecular weight excluding hydrogens is 393 g/mol. The summed E-state index contributed by atoms with van der Waals surface area (Å²) >= 11 is -3.29. The zero-order valence-electron chi connectivity index (χ0n) is 3.71. The summed E-state index contributed by atoms with van der Waals surface area (Å²) in [6.45, 7) is 0. The predicted molar refractivity (Wildman–Crippen MR) is 22.4 cm³/mol. The topological polar surface area (TPSA) is 57.5 Å². The van der Waals surface area contributed by atoms with Crippen LogP contribution in [-0.2, 0) is 3.83 Å². The van der Waals surface area contributed by atoms with E-state index in [4.69, 9.17) is 12.2 Å². The van der Waals surface area contributed by atoms with Crippen molar-refractivity contribution < 1.29 is 12.2 Å². The van der Waals surface area contributed by atoms with Crippen molar-refractivity contribution >= 4 is 152 Å². The van der Waals surface area contributed by atoms with Crippen LogP contribution in [0.1, 0.15) is 0 Å². The van der Waals surface area contributed by atoms with Gasteiger partial charge < -0.3 is 0 Å². The molecule has 0 amide bonds. The third-order valence-corrected chi connectivity index (χ3v) is 0. The summed E-state index contributed by atoms with van der Waals surface area (Å²) in [6.07, 6.45) is 0. The van der Waals surface area contributed by atoms with Crippen LogP contribution in [0.2, 0.25) is 0 Å². The maximum Gasteiger partial charge on any atom is 0 e. The Labute approximate surface area is 158 Å². The summed E-state index contributed by atoms with van der Waals surface area (Å²) in [5.41, 5.74) is 0. The van der Waals surface area contributed by atoms with E-state index in [0.717, 1.165) is 0 Å². The second-order valence-corrected chi connectivity index (χ2v) is 1.20. The monoisotopic (exact) mass is 396 g/mol. The van der Waals surface area contributed by atoms with Gasteiger partial charge in [0, 0.05) is 138 Å². The first-order valence-corrected chi connectivity index (χ1v) is 2.76. The molecule has 0 bridgehead atoms. The van der Waals surface area contributed by atoms with Crippen molar-refractivity contribution in [2.45, 2.75) is 0 Å². The molecule has 0 spiro atoms. The summed E-state index contributed by atoms with van der Waals surface area (Å²) < 4.78 is 23.1. The van der Waals surface area contributed by atoms with Gasteiger partial charge in [0.25, 0.3) is 0 Å². The van der Waals surface area contributed by atoms with E-state index in [0.29, 0.717) is 0 Å². The zero-order chi connectivity index (χ0) is 3.58. The largest absolute Gasteiger partial charge is 0 e. The first kappa shape index (κ1) is 16.7. The van der Waals surface area contributed by atoms with Crippen molar-refractivity contribution in [3.8, 4) is 0 Å². The van der Waals surface area contributed by atoms with Gasteiger partial charge in [-0.2, -0.15) is 0 Å². The van der Waals surface area contributed by atoms with Crippen LogP contribution >= 0.6 is 0 Å². The van der Waals surface area contributed by atoms with Crippen LogP contribution in [0.25, 0.3) is 0 Å². The van der Waals surface area contributed by atoms with Crippen molar-refractivity contribution in [3.05, 3.63) is 0 Å². The van der Waals surface area contributed by atoms with Crippen LogP contribution in [0.3, 0.4) is 0 Å². The van der Waals surface area contributed by atoms with E-state index in [1.165, 1.54) is 0 Å². The fourth-order valence-corrected chi connectivity index (χ4v) is 0. The first-order valence-electron chi connectivity index (χ1n) is 0.532. The Bertz CT molecular complexity index is 31.8. The molecule has 3 nitrogen and oxygen atoms in total. The van der Waals surface area contributed by atoms with Gasteiger partial charge in [0.2, 0.25) is 0 Å². The minimum Gasteiger partial charge on any atom is 0 e. The second kappa shape index (κ2) is 12.1. The third kappa shape index (κ3) is 23.8. The molecule has 28 valence electrons. The van der Waals surface area contributed by atoms with Gasteiger partial charge in [0.15, 0.2) is 0 Å². The molecule has 0 aliphatic rings. The van der Waals surface area contributed by atoms with E-state index < -0.39 is 14.5 Å². The Kier molecular flexibility index (Phi) is 33.7. The fraction of sp³-hybridized carbons (Fsp3) is 0. The molecule has 2 radical (unpaired) electrons. The molecule has 0 fully saturated rings. The Hall–Kier alpha value is 4.34. The van der Waals surface area contributed by atoms with Gasteiger partial charge >= 0.3 is 26.7 Å². The Morgan fingerprint density at radius 3 is 1.17 bits per heavy atom. The van der Waals surface area contributed by atoms with Crippen LogP contribution in [0.4, 0.5) is 0 Å². The summed E-state index contributed by atoms with van der Waals surface area (Å²) in [5.74, 6) is 0. The maximum absolute atomic E-state index is 8.76. The van der Waals surface area contributed by atoms with Gasteiger partial charge in [-0.25, -0.2) is 0 Å². The van der Waals surface area contributed by atoms with Crippen LogP contribution < -0.4 is 0 Å². The molecule has 0 aromatic rings. The molecule has 0 aliphatic carbocycles. The van der Waals surface area contributed by atoms with Crippen molar-refractivity contribution in [1.29, 1.82) is 0 Å². The van der Waals surface area contributed by atoms with Crippen LogP contribution in [0, 0.1) is 0 Å². The molecule has 0 aliphatic heterocycles. The van der Waals surface area contributed by atoms with Gasteiger partial charge in [0.05, 0.1) is 0 Å². The van der Waals surface area contributed by atoms with Crippen LogP contribution in [0.5, 0.6) is 0 Å². The first-order chi connectivity index (χ1) is 1.73. The van der Waals surface area contributed by atoms with Gasteiger partial charge in [-0.3, -0.25) is 0 Å². The molecular formula is H2Cs2O3Se. The summed E-state index contributed by atoms with van der Waals surface area (Å²) in [6, 6.07) is 0. The average molecular weight is 395 g/mol. The number of hydrogen-bond donors (Lipinski definition) is 2. The molecule has 0 atom stereocenters. The van der Waals surface area contributed by atoms with Gasteiger partial charge in [-0.05, 0) is 0 Å². The molecule has 2 N–H and O–H groups in total. The Morgan fingerprint density at radius 1 is 1.17 bits per heavy atom. The quantitative estimate of drug-likeness (QED) is 0.451. The van der Waals surface area contributed by atoms with E-state index >= 15 is 0 Å². The average Bonchev–Trinajstić information content (AvgIpc) is 0.811. The fourth-order valence-electron chi connectivity index (χ4n) is 0. The smallest absolute Gasteiger partial charge is 0 e. The minimum absolute atomic E-state index is 0. The number of hydrogen-bond acceptors (Lipinski definition) is 1. The van der Waals surface area contributed by atoms with E-state index in [2.05, 4.69) is 0 Å². The standard InChI is InChI=1S/2Cs.H2O3Se/c;;1-4(2)3/h;;(H2,1,2,3). The van der Waals surface area contributed by atoms with Crippen LogP contribution in [0.15, 0.2) is 0 Å². The van der Waals surface area contributed by atoms with Crippen LogP contribution in [-0.4, -0.2) is 161 Å². The van der Waals surface area contributed by atoms with Crippen molar-refractivity contribution in [2.24, 2.45) is 0 Å². The molecule has 0 heterocycles. The van der Waals surface area contributed by atoms with E-state index in [1.54, 1.807) is 0 Å². The van der Waals surface area contributed by atoms with Crippen molar-refractivity contribution in [2.75, 3.05) is 0 Å². The predicted octanol–water partition coefficient (Wildman–Crippen LogP) is -2.38. The van der Waals surface area contributed by atoms with Gasteiger partial charge in [-0.15, -0.1) is 0 Å². The zero-order valence-corrected chi connectivity index (χ0v) is 18.0. The molecule has 6 heteroatoms. The van der Waals surface area contributed by atoms with Gasteiger partial charge in [-0.1, -0.05) is 0 Å². The number of rotatable bonds is 0. The van der Waals surface area contributed by atoms with Crippen molar-refractivity contribution in [3.63, 3.8) is 0 Å². The summed E-state index contributed by atoms with van der Waals surface area (Å²) in [7, 11) is 0. The minimum atomic E-state index is -3.29. The third-order valence-electron chi connectivity index (χ3n) is 0. The second-order valence-electron chi connectivity index (χ2n) is 0.231. The van der Waals surface area contributed by atoms with E-state index in [-0.39, 0.29) is 138 Å². The summed E-state index contributed by atoms with van der Waals surface area (Å²) in [4.78, 5) is 0. The molecule has 0 rings (SSSR count). The van der Waals surface area contributed by atoms with E-state index in [9.17, 15) is 0 Å². The molecule has 6 heavy (non-hydrogen) atoms. The SMILES string of the molecule is O=[Se](O)O.[Cs].[Cs]. The Morgan fingerprint density at radius 2 is 1.17 bits per heavy atom. The maximum atomic E-state index is 8.76. The Balaban J connectivity index is -0.0000000450. The molecule has 0 saturated carbocycles. The molecule has 0 aromatic carbocycles. The van der Waals surface area contributed by atoms with Gasteiger partial charge in [0.1, 0.15) is 0 Å². The summed E-state index contributed by atoms with van der Waals surface area (Å²) in [5, 5.41) is 0. The molecule has 0 saturated heterocycles. The van der Waals surface area contributed by atoms with E-state index in [1.807, 2.05) is 0 Å².